The summed E-state index contributed by atoms with van der Waals surface area (Å²) in [5, 5.41) is 19.4. The molecule has 0 radical (unpaired) electrons. The van der Waals surface area contributed by atoms with Gasteiger partial charge in [-0.1, -0.05) is 22.0 Å². The van der Waals surface area contributed by atoms with Crippen molar-refractivity contribution in [3.8, 4) is 5.75 Å². The van der Waals surface area contributed by atoms with Crippen molar-refractivity contribution in [3.63, 3.8) is 0 Å². The van der Waals surface area contributed by atoms with Crippen molar-refractivity contribution in [1.29, 1.82) is 0 Å². The van der Waals surface area contributed by atoms with Crippen LogP contribution in [0.3, 0.4) is 0 Å². The average Bonchev–Trinajstić information content (AvgIpc) is 2.35. The van der Waals surface area contributed by atoms with Crippen LogP contribution in [0.4, 0.5) is 0 Å². The number of ether oxygens (including phenoxy) is 1. The van der Waals surface area contributed by atoms with Crippen LogP contribution in [0.15, 0.2) is 18.2 Å². The standard InChI is InChI=1S/C11H13BrO4/c1-16-10-3-2-7(4-8(10)6-13)11(15)9(14)5-12/h2-4,6,9,11,14-15H,5H2,1H3. The van der Waals surface area contributed by atoms with Crippen molar-refractivity contribution in [2.24, 2.45) is 0 Å². The van der Waals surface area contributed by atoms with Crippen molar-refractivity contribution in [3.05, 3.63) is 29.3 Å². The Labute approximate surface area is 102 Å². The Hall–Kier alpha value is -0.910. The number of carbonyl (C=O) groups excluding carboxylic acids is 1. The second-order valence-electron chi connectivity index (χ2n) is 3.29. The van der Waals surface area contributed by atoms with Crippen molar-refractivity contribution >= 4 is 22.2 Å². The summed E-state index contributed by atoms with van der Waals surface area (Å²) in [6.45, 7) is 0. The number of benzene rings is 1. The zero-order valence-electron chi connectivity index (χ0n) is 8.76. The number of methoxy groups -OCH3 is 1. The summed E-state index contributed by atoms with van der Waals surface area (Å²) < 4.78 is 4.97. The molecule has 0 amide bonds. The van der Waals surface area contributed by atoms with Gasteiger partial charge in [-0.2, -0.15) is 0 Å². The minimum atomic E-state index is -1.02. The summed E-state index contributed by atoms with van der Waals surface area (Å²) >= 11 is 3.07. The molecule has 2 N–H and O–H groups in total. The maximum absolute atomic E-state index is 10.8. The molecule has 1 aromatic carbocycles. The zero-order valence-corrected chi connectivity index (χ0v) is 10.3. The molecule has 0 saturated heterocycles. The van der Waals surface area contributed by atoms with E-state index in [1.54, 1.807) is 12.1 Å². The van der Waals surface area contributed by atoms with Crippen LogP contribution in [0.1, 0.15) is 22.0 Å². The Morgan fingerprint density at radius 2 is 2.19 bits per heavy atom. The third kappa shape index (κ3) is 2.81. The molecule has 0 aromatic heterocycles. The van der Waals surface area contributed by atoms with E-state index in [-0.39, 0.29) is 5.33 Å². The molecule has 0 heterocycles. The molecular formula is C11H13BrO4. The lowest BCUT2D eigenvalue weighted by Gasteiger charge is -2.16. The van der Waals surface area contributed by atoms with Crippen molar-refractivity contribution in [2.45, 2.75) is 12.2 Å². The van der Waals surface area contributed by atoms with E-state index in [4.69, 9.17) is 4.74 Å². The van der Waals surface area contributed by atoms with Gasteiger partial charge in [0.15, 0.2) is 6.29 Å². The maximum atomic E-state index is 10.8. The van der Waals surface area contributed by atoms with Gasteiger partial charge >= 0.3 is 0 Å². The third-order valence-corrected chi connectivity index (χ3v) is 2.91. The molecule has 16 heavy (non-hydrogen) atoms. The second-order valence-corrected chi connectivity index (χ2v) is 3.93. The Balaban J connectivity index is 3.03. The molecule has 0 spiro atoms. The van der Waals surface area contributed by atoms with Gasteiger partial charge in [-0.05, 0) is 17.7 Å². The number of rotatable bonds is 5. The fraction of sp³-hybridized carbons (Fsp3) is 0.364. The first-order chi connectivity index (χ1) is 7.63. The third-order valence-electron chi connectivity index (χ3n) is 2.24. The lowest BCUT2D eigenvalue weighted by molar-refractivity contribution is 0.0342. The topological polar surface area (TPSA) is 66.8 Å². The molecule has 2 unspecified atom stereocenters. The number of halogens is 1. The molecule has 0 aliphatic heterocycles. The Morgan fingerprint density at radius 3 is 2.69 bits per heavy atom. The number of alkyl halides is 1. The Kier molecular flexibility index (Phi) is 4.92. The van der Waals surface area contributed by atoms with E-state index in [9.17, 15) is 15.0 Å². The molecule has 1 rings (SSSR count). The van der Waals surface area contributed by atoms with Gasteiger partial charge < -0.3 is 14.9 Å². The number of aliphatic hydroxyl groups is 2. The smallest absolute Gasteiger partial charge is 0.153 e. The molecule has 2 atom stereocenters. The average molecular weight is 289 g/mol. The van der Waals surface area contributed by atoms with Crippen molar-refractivity contribution in [1.82, 2.24) is 0 Å². The van der Waals surface area contributed by atoms with E-state index in [2.05, 4.69) is 15.9 Å². The Morgan fingerprint density at radius 1 is 1.50 bits per heavy atom. The first kappa shape index (κ1) is 13.2. The number of aldehydes is 1. The largest absolute Gasteiger partial charge is 0.496 e. The van der Waals surface area contributed by atoms with E-state index in [1.165, 1.54) is 13.2 Å². The van der Waals surface area contributed by atoms with Crippen molar-refractivity contribution in [2.75, 3.05) is 12.4 Å². The number of aliphatic hydroxyl groups excluding tert-OH is 2. The summed E-state index contributed by atoms with van der Waals surface area (Å²) in [5.41, 5.74) is 0.829. The summed E-state index contributed by atoms with van der Waals surface area (Å²) in [6, 6.07) is 4.70. The lowest BCUT2D eigenvalue weighted by atomic mass is 10.0. The van der Waals surface area contributed by atoms with Crippen LogP contribution in [0, 0.1) is 0 Å². The molecule has 88 valence electrons. The first-order valence-electron chi connectivity index (χ1n) is 4.69. The van der Waals surface area contributed by atoms with Gasteiger partial charge in [-0.3, -0.25) is 4.79 Å². The fourth-order valence-electron chi connectivity index (χ4n) is 1.34. The first-order valence-corrected chi connectivity index (χ1v) is 5.81. The summed E-state index contributed by atoms with van der Waals surface area (Å²) in [6.07, 6.45) is -1.29. The monoisotopic (exact) mass is 288 g/mol. The van der Waals surface area contributed by atoms with Crippen LogP contribution in [0.25, 0.3) is 0 Å². The van der Waals surface area contributed by atoms with Gasteiger partial charge in [0.2, 0.25) is 0 Å². The van der Waals surface area contributed by atoms with Crippen LogP contribution in [-0.2, 0) is 0 Å². The normalized spacial score (nSPS) is 14.2. The number of hydrogen-bond acceptors (Lipinski definition) is 4. The van der Waals surface area contributed by atoms with Crippen LogP contribution < -0.4 is 4.74 Å². The van der Waals surface area contributed by atoms with E-state index in [1.807, 2.05) is 0 Å². The predicted octanol–water partition coefficient (Wildman–Crippen LogP) is 1.30. The summed E-state index contributed by atoms with van der Waals surface area (Å²) in [5.74, 6) is 0.444. The highest BCUT2D eigenvalue weighted by Crippen LogP contribution is 2.24. The second kappa shape index (κ2) is 5.98. The van der Waals surface area contributed by atoms with E-state index >= 15 is 0 Å². The van der Waals surface area contributed by atoms with Gasteiger partial charge in [0.05, 0.1) is 18.8 Å². The van der Waals surface area contributed by atoms with Crippen LogP contribution >= 0.6 is 15.9 Å². The molecular weight excluding hydrogens is 276 g/mol. The van der Waals surface area contributed by atoms with E-state index < -0.39 is 12.2 Å². The summed E-state index contributed by atoms with van der Waals surface area (Å²) in [4.78, 5) is 10.8. The van der Waals surface area contributed by atoms with Crippen LogP contribution in [0.5, 0.6) is 5.75 Å². The van der Waals surface area contributed by atoms with Crippen LogP contribution in [0.2, 0.25) is 0 Å². The molecule has 4 nitrogen and oxygen atoms in total. The maximum Gasteiger partial charge on any atom is 0.153 e. The van der Waals surface area contributed by atoms with Gasteiger partial charge in [0, 0.05) is 5.33 Å². The molecule has 5 heteroatoms. The molecule has 1 aromatic rings. The molecule has 0 fully saturated rings. The number of hydrogen-bond donors (Lipinski definition) is 2. The highest BCUT2D eigenvalue weighted by molar-refractivity contribution is 9.09. The lowest BCUT2D eigenvalue weighted by Crippen LogP contribution is -2.19. The van der Waals surface area contributed by atoms with Crippen molar-refractivity contribution < 1.29 is 19.7 Å². The minimum absolute atomic E-state index is 0.261. The van der Waals surface area contributed by atoms with Gasteiger partial charge in [-0.15, -0.1) is 0 Å². The predicted molar refractivity (Wildman–Crippen MR) is 63.1 cm³/mol. The molecule has 0 aliphatic rings. The Bertz CT molecular complexity index is 367. The van der Waals surface area contributed by atoms with E-state index in [0.29, 0.717) is 23.2 Å². The van der Waals surface area contributed by atoms with E-state index in [0.717, 1.165) is 0 Å². The quantitative estimate of drug-likeness (QED) is 0.633. The molecule has 0 saturated carbocycles. The summed E-state index contributed by atoms with van der Waals surface area (Å²) in [7, 11) is 1.46. The zero-order chi connectivity index (χ0) is 12.1. The number of carbonyl (C=O) groups is 1. The molecule has 0 bridgehead atoms. The van der Waals surface area contributed by atoms with Gasteiger partial charge in [0.25, 0.3) is 0 Å². The fourth-order valence-corrected chi connectivity index (χ4v) is 1.69. The minimum Gasteiger partial charge on any atom is -0.496 e. The van der Waals surface area contributed by atoms with Crippen LogP contribution in [-0.4, -0.2) is 35.0 Å². The van der Waals surface area contributed by atoms with Gasteiger partial charge in [0.1, 0.15) is 11.9 Å². The molecule has 0 aliphatic carbocycles. The SMILES string of the molecule is COc1ccc(C(O)C(O)CBr)cc1C=O. The highest BCUT2D eigenvalue weighted by atomic mass is 79.9. The highest BCUT2D eigenvalue weighted by Gasteiger charge is 2.18. The van der Waals surface area contributed by atoms with Gasteiger partial charge in [-0.25, -0.2) is 0 Å².